The van der Waals surface area contributed by atoms with Crippen molar-refractivity contribution in [3.63, 3.8) is 0 Å². The summed E-state index contributed by atoms with van der Waals surface area (Å²) in [4.78, 5) is 12.0. The van der Waals surface area contributed by atoms with E-state index in [1.54, 1.807) is 25.3 Å². The molecule has 0 atom stereocenters. The monoisotopic (exact) mass is 362 g/mol. The Bertz CT molecular complexity index is 702. The fourth-order valence-electron chi connectivity index (χ4n) is 2.24. The molecule has 0 saturated heterocycles. The molecule has 0 fully saturated rings. The van der Waals surface area contributed by atoms with Crippen molar-refractivity contribution in [2.75, 3.05) is 24.3 Å². The summed E-state index contributed by atoms with van der Waals surface area (Å²) in [6.45, 7) is 4.41. The predicted molar refractivity (Wildman–Crippen MR) is 102 cm³/mol. The number of rotatable bonds is 8. The van der Waals surface area contributed by atoms with Crippen molar-refractivity contribution in [2.24, 2.45) is 0 Å². The number of carbonyl (C=O) groups is 1. The van der Waals surface area contributed by atoms with Crippen molar-refractivity contribution < 1.29 is 14.3 Å². The Morgan fingerprint density at radius 1 is 1.16 bits per heavy atom. The third kappa shape index (κ3) is 6.19. The number of hydrogen-bond donors (Lipinski definition) is 2. The number of anilines is 2. The number of methoxy groups -OCH3 is 1. The molecule has 2 aromatic carbocycles. The summed E-state index contributed by atoms with van der Waals surface area (Å²) in [5.74, 6) is 1.39. The number of amides is 1. The lowest BCUT2D eigenvalue weighted by atomic mass is 10.2. The van der Waals surface area contributed by atoms with Crippen LogP contribution in [0.1, 0.15) is 20.3 Å². The van der Waals surface area contributed by atoms with Crippen LogP contribution in [0.15, 0.2) is 42.5 Å². The quantitative estimate of drug-likeness (QED) is 0.721. The molecule has 2 rings (SSSR count). The molecule has 25 heavy (non-hydrogen) atoms. The second-order valence-electron chi connectivity index (χ2n) is 5.76. The molecular formula is C19H23ClN2O3. The average Bonchev–Trinajstić information content (AvgIpc) is 2.56. The van der Waals surface area contributed by atoms with Crippen LogP contribution in [0.5, 0.6) is 11.5 Å². The third-order valence-corrected chi connectivity index (χ3v) is 3.57. The maximum absolute atomic E-state index is 12.0. The van der Waals surface area contributed by atoms with Crippen molar-refractivity contribution >= 4 is 28.9 Å². The van der Waals surface area contributed by atoms with Crippen LogP contribution in [0.3, 0.4) is 0 Å². The number of nitrogens with one attached hydrogen (secondary N) is 2. The van der Waals surface area contributed by atoms with Crippen molar-refractivity contribution in [2.45, 2.75) is 26.4 Å². The summed E-state index contributed by atoms with van der Waals surface area (Å²) >= 11 is 5.98. The minimum atomic E-state index is -0.0778. The summed E-state index contributed by atoms with van der Waals surface area (Å²) < 4.78 is 10.8. The second-order valence-corrected chi connectivity index (χ2v) is 6.20. The molecule has 0 aromatic heterocycles. The van der Waals surface area contributed by atoms with E-state index in [9.17, 15) is 4.79 Å². The SMILES string of the molecule is COc1ccc(Cl)cc1NCCC(=O)Nc1ccc(OC(C)C)cc1. The number of carbonyl (C=O) groups excluding carboxylic acids is 1. The van der Waals surface area contributed by atoms with Gasteiger partial charge >= 0.3 is 0 Å². The van der Waals surface area contributed by atoms with Crippen LogP contribution >= 0.6 is 11.6 Å². The van der Waals surface area contributed by atoms with Gasteiger partial charge in [-0.15, -0.1) is 0 Å². The molecule has 134 valence electrons. The van der Waals surface area contributed by atoms with Crippen molar-refractivity contribution in [1.82, 2.24) is 0 Å². The van der Waals surface area contributed by atoms with Gasteiger partial charge in [-0.05, 0) is 56.3 Å². The molecule has 1 amide bonds. The normalized spacial score (nSPS) is 10.4. The summed E-state index contributed by atoms with van der Waals surface area (Å²) in [5, 5.41) is 6.63. The lowest BCUT2D eigenvalue weighted by Crippen LogP contribution is -2.16. The minimum absolute atomic E-state index is 0.0778. The van der Waals surface area contributed by atoms with E-state index in [-0.39, 0.29) is 12.0 Å². The minimum Gasteiger partial charge on any atom is -0.495 e. The Morgan fingerprint density at radius 3 is 2.52 bits per heavy atom. The average molecular weight is 363 g/mol. The van der Waals surface area contributed by atoms with E-state index >= 15 is 0 Å². The van der Waals surface area contributed by atoms with Gasteiger partial charge in [-0.1, -0.05) is 11.6 Å². The van der Waals surface area contributed by atoms with Crippen LogP contribution in [-0.2, 0) is 4.79 Å². The third-order valence-electron chi connectivity index (χ3n) is 3.34. The van der Waals surface area contributed by atoms with E-state index in [1.165, 1.54) is 0 Å². The largest absolute Gasteiger partial charge is 0.495 e. The first kappa shape index (κ1) is 18.9. The Labute approximate surface area is 153 Å². The molecule has 0 radical (unpaired) electrons. The van der Waals surface area contributed by atoms with E-state index in [0.717, 1.165) is 17.1 Å². The van der Waals surface area contributed by atoms with Gasteiger partial charge < -0.3 is 20.1 Å². The smallest absolute Gasteiger partial charge is 0.226 e. The Kier molecular flexibility index (Phi) is 6.95. The highest BCUT2D eigenvalue weighted by Crippen LogP contribution is 2.27. The molecule has 0 bridgehead atoms. The van der Waals surface area contributed by atoms with E-state index in [0.29, 0.717) is 23.7 Å². The van der Waals surface area contributed by atoms with Gasteiger partial charge in [0.15, 0.2) is 0 Å². The van der Waals surface area contributed by atoms with E-state index in [4.69, 9.17) is 21.1 Å². The topological polar surface area (TPSA) is 59.6 Å². The Hall–Kier alpha value is -2.40. The van der Waals surface area contributed by atoms with Crippen LogP contribution < -0.4 is 20.1 Å². The fourth-order valence-corrected chi connectivity index (χ4v) is 2.41. The van der Waals surface area contributed by atoms with Gasteiger partial charge in [0.05, 0.1) is 18.9 Å². The zero-order chi connectivity index (χ0) is 18.2. The zero-order valence-electron chi connectivity index (χ0n) is 14.6. The van der Waals surface area contributed by atoms with Crippen LogP contribution in [0, 0.1) is 0 Å². The predicted octanol–water partition coefficient (Wildman–Crippen LogP) is 4.58. The number of benzene rings is 2. The lowest BCUT2D eigenvalue weighted by Gasteiger charge is -2.12. The highest BCUT2D eigenvalue weighted by atomic mass is 35.5. The van der Waals surface area contributed by atoms with Crippen LogP contribution in [-0.4, -0.2) is 25.7 Å². The van der Waals surface area contributed by atoms with Gasteiger partial charge in [0, 0.05) is 23.7 Å². The van der Waals surface area contributed by atoms with Gasteiger partial charge in [-0.25, -0.2) is 0 Å². The Morgan fingerprint density at radius 2 is 1.88 bits per heavy atom. The van der Waals surface area contributed by atoms with Crippen molar-refractivity contribution in [3.05, 3.63) is 47.5 Å². The summed E-state index contributed by atoms with van der Waals surface area (Å²) in [5.41, 5.74) is 1.50. The molecule has 2 aromatic rings. The molecule has 0 saturated carbocycles. The first-order valence-electron chi connectivity index (χ1n) is 8.12. The molecule has 0 aliphatic carbocycles. The molecule has 0 unspecified atom stereocenters. The molecule has 6 heteroatoms. The maximum Gasteiger partial charge on any atom is 0.226 e. The molecular weight excluding hydrogens is 340 g/mol. The summed E-state index contributed by atoms with van der Waals surface area (Å²) in [6.07, 6.45) is 0.440. The fraction of sp³-hybridized carbons (Fsp3) is 0.316. The Balaban J connectivity index is 1.82. The number of hydrogen-bond acceptors (Lipinski definition) is 4. The standard InChI is InChI=1S/C19H23ClN2O3/c1-13(2)25-16-7-5-15(6-8-16)22-19(23)10-11-21-17-12-14(20)4-9-18(17)24-3/h4-9,12-13,21H,10-11H2,1-3H3,(H,22,23). The first-order valence-corrected chi connectivity index (χ1v) is 8.49. The second kappa shape index (κ2) is 9.18. The number of ether oxygens (including phenoxy) is 2. The highest BCUT2D eigenvalue weighted by Gasteiger charge is 2.06. The lowest BCUT2D eigenvalue weighted by molar-refractivity contribution is -0.115. The molecule has 0 spiro atoms. The first-order chi connectivity index (χ1) is 12.0. The van der Waals surface area contributed by atoms with Gasteiger partial charge in [0.1, 0.15) is 11.5 Å². The zero-order valence-corrected chi connectivity index (χ0v) is 15.4. The van der Waals surface area contributed by atoms with Crippen molar-refractivity contribution in [1.29, 1.82) is 0 Å². The van der Waals surface area contributed by atoms with Crippen LogP contribution in [0.2, 0.25) is 5.02 Å². The van der Waals surface area contributed by atoms with E-state index in [2.05, 4.69) is 10.6 Å². The summed E-state index contributed by atoms with van der Waals surface area (Å²) in [7, 11) is 1.59. The molecule has 2 N–H and O–H groups in total. The molecule has 0 aliphatic rings. The summed E-state index contributed by atoms with van der Waals surface area (Å²) in [6, 6.07) is 12.6. The van der Waals surface area contributed by atoms with Crippen molar-refractivity contribution in [3.8, 4) is 11.5 Å². The molecule has 5 nitrogen and oxygen atoms in total. The maximum atomic E-state index is 12.0. The van der Waals surface area contributed by atoms with Gasteiger partial charge in [-0.3, -0.25) is 4.79 Å². The number of halogens is 1. The van der Waals surface area contributed by atoms with Gasteiger partial charge in [-0.2, -0.15) is 0 Å². The van der Waals surface area contributed by atoms with Crippen LogP contribution in [0.25, 0.3) is 0 Å². The van der Waals surface area contributed by atoms with E-state index < -0.39 is 0 Å². The highest BCUT2D eigenvalue weighted by molar-refractivity contribution is 6.30. The molecule has 0 aliphatic heterocycles. The van der Waals surface area contributed by atoms with E-state index in [1.807, 2.05) is 38.1 Å². The van der Waals surface area contributed by atoms with Gasteiger partial charge in [0.25, 0.3) is 0 Å². The molecule has 0 heterocycles. The van der Waals surface area contributed by atoms with Gasteiger partial charge in [0.2, 0.25) is 5.91 Å². The van der Waals surface area contributed by atoms with Crippen LogP contribution in [0.4, 0.5) is 11.4 Å².